The number of nitrogens with zero attached hydrogens (tertiary/aromatic N) is 4. The average molecular weight is 353 g/mol. The number of hydrogen-bond donors (Lipinski definition) is 1. The van der Waals surface area contributed by atoms with Gasteiger partial charge in [-0.15, -0.1) is 5.10 Å². The van der Waals surface area contributed by atoms with Crippen LogP contribution >= 0.6 is 0 Å². The fraction of sp³-hybridized carbons (Fsp3) is 0.400. The van der Waals surface area contributed by atoms with Crippen LogP contribution in [0.15, 0.2) is 48.7 Å². The highest BCUT2D eigenvalue weighted by atomic mass is 16.5. The molecule has 6 heteroatoms. The number of rotatable bonds is 7. The third kappa shape index (κ3) is 4.39. The van der Waals surface area contributed by atoms with Gasteiger partial charge in [-0.05, 0) is 29.7 Å². The molecule has 6 nitrogen and oxygen atoms in total. The summed E-state index contributed by atoms with van der Waals surface area (Å²) < 4.78 is 7.21. The van der Waals surface area contributed by atoms with Crippen molar-refractivity contribution >= 4 is 17.2 Å². The molecule has 1 saturated heterocycles. The highest BCUT2D eigenvalue weighted by molar-refractivity contribution is 5.81. The number of hydrogen-bond acceptors (Lipinski definition) is 5. The van der Waals surface area contributed by atoms with Gasteiger partial charge in [0.2, 0.25) is 5.95 Å². The second-order valence-corrected chi connectivity index (χ2v) is 6.31. The monoisotopic (exact) mass is 353 g/mol. The first-order valence-corrected chi connectivity index (χ1v) is 9.11. The van der Waals surface area contributed by atoms with Crippen LogP contribution in [-0.2, 0) is 4.74 Å². The van der Waals surface area contributed by atoms with Crippen LogP contribution in [0.4, 0.5) is 5.95 Å². The van der Waals surface area contributed by atoms with Crippen LogP contribution in [0, 0.1) is 0 Å². The molecule has 0 aromatic carbocycles. The highest BCUT2D eigenvalue weighted by Gasteiger charge is 2.11. The van der Waals surface area contributed by atoms with Crippen LogP contribution in [0.3, 0.4) is 0 Å². The molecule has 3 rings (SSSR count). The molecule has 1 fully saturated rings. The molecule has 26 heavy (non-hydrogen) atoms. The number of pyridine rings is 1. The Morgan fingerprint density at radius 1 is 1.35 bits per heavy atom. The second-order valence-electron chi connectivity index (χ2n) is 6.31. The van der Waals surface area contributed by atoms with Gasteiger partial charge in [0.1, 0.15) is 0 Å². The van der Waals surface area contributed by atoms with Gasteiger partial charge in [0.15, 0.2) is 5.65 Å². The molecular weight excluding hydrogens is 326 g/mol. The minimum atomic E-state index is 0.605. The van der Waals surface area contributed by atoms with Crippen molar-refractivity contribution in [2.24, 2.45) is 0 Å². The van der Waals surface area contributed by atoms with Gasteiger partial charge in [0.25, 0.3) is 0 Å². The molecule has 1 aliphatic rings. The van der Waals surface area contributed by atoms with Crippen LogP contribution in [0.1, 0.15) is 18.9 Å². The molecule has 0 unspecified atom stereocenters. The quantitative estimate of drug-likeness (QED) is 0.776. The topological polar surface area (TPSA) is 54.7 Å². The summed E-state index contributed by atoms with van der Waals surface area (Å²) in [6, 6.07) is 3.99. The van der Waals surface area contributed by atoms with Crippen molar-refractivity contribution in [2.75, 3.05) is 45.2 Å². The lowest BCUT2D eigenvalue weighted by atomic mass is 10.1. The first-order valence-electron chi connectivity index (χ1n) is 9.11. The highest BCUT2D eigenvalue weighted by Crippen LogP contribution is 2.20. The second kappa shape index (κ2) is 8.78. The standard InChI is InChI=1S/C20H27N5O/c1-4-6-17(15-24-11-13-26-14-12-24)9-8-16(2)18-7-5-10-25-19(18)22-20(21-3)23-25/h5-10H,2,4,11-15H2,1,3H3,(H,21,23)/b9-8-,17-6+. The number of fused-ring (bicyclic) bond motifs is 1. The SMILES string of the molecule is C=C(/C=C\C(=C/CC)CN1CCOCC1)c1cccn2nc(NC)nc12. The number of aromatic nitrogens is 3. The molecule has 1 aliphatic heterocycles. The van der Waals surface area contributed by atoms with Crippen molar-refractivity contribution in [3.63, 3.8) is 0 Å². The van der Waals surface area contributed by atoms with Gasteiger partial charge in [-0.25, -0.2) is 4.52 Å². The van der Waals surface area contributed by atoms with Crippen LogP contribution < -0.4 is 5.32 Å². The third-order valence-corrected chi connectivity index (χ3v) is 4.41. The van der Waals surface area contributed by atoms with Gasteiger partial charge in [-0.1, -0.05) is 31.7 Å². The largest absolute Gasteiger partial charge is 0.379 e. The van der Waals surface area contributed by atoms with Gasteiger partial charge >= 0.3 is 0 Å². The van der Waals surface area contributed by atoms with Gasteiger partial charge in [0, 0.05) is 38.4 Å². The van der Waals surface area contributed by atoms with Crippen molar-refractivity contribution < 1.29 is 4.74 Å². The maximum Gasteiger partial charge on any atom is 0.242 e. The minimum absolute atomic E-state index is 0.605. The van der Waals surface area contributed by atoms with Gasteiger partial charge in [-0.2, -0.15) is 4.98 Å². The van der Waals surface area contributed by atoms with E-state index in [4.69, 9.17) is 4.74 Å². The van der Waals surface area contributed by atoms with E-state index in [-0.39, 0.29) is 0 Å². The van der Waals surface area contributed by atoms with Crippen molar-refractivity contribution in [1.82, 2.24) is 19.5 Å². The van der Waals surface area contributed by atoms with Crippen molar-refractivity contribution in [1.29, 1.82) is 0 Å². The fourth-order valence-corrected chi connectivity index (χ4v) is 3.03. The smallest absolute Gasteiger partial charge is 0.242 e. The van der Waals surface area contributed by atoms with E-state index in [9.17, 15) is 0 Å². The van der Waals surface area contributed by atoms with E-state index in [0.29, 0.717) is 5.95 Å². The lowest BCUT2D eigenvalue weighted by molar-refractivity contribution is 0.0426. The van der Waals surface area contributed by atoms with E-state index >= 15 is 0 Å². The maximum absolute atomic E-state index is 5.44. The molecular formula is C20H27N5O. The predicted octanol–water partition coefficient (Wildman–Crippen LogP) is 3.01. The molecule has 0 saturated carbocycles. The Hall–Kier alpha value is -2.44. The Morgan fingerprint density at radius 2 is 2.15 bits per heavy atom. The number of morpholine rings is 1. The van der Waals surface area contributed by atoms with Crippen LogP contribution in [-0.4, -0.2) is 59.4 Å². The number of allylic oxidation sites excluding steroid dienone is 3. The van der Waals surface area contributed by atoms with Crippen molar-refractivity contribution in [3.05, 3.63) is 54.3 Å². The van der Waals surface area contributed by atoms with E-state index in [1.807, 2.05) is 25.4 Å². The van der Waals surface area contributed by atoms with Gasteiger partial charge in [0.05, 0.1) is 13.2 Å². The fourth-order valence-electron chi connectivity index (χ4n) is 3.03. The van der Waals surface area contributed by atoms with E-state index in [1.165, 1.54) is 5.57 Å². The predicted molar refractivity (Wildman–Crippen MR) is 106 cm³/mol. The molecule has 0 amide bonds. The lowest BCUT2D eigenvalue weighted by Gasteiger charge is -2.27. The molecule has 2 aromatic heterocycles. The number of anilines is 1. The molecule has 0 aliphatic carbocycles. The lowest BCUT2D eigenvalue weighted by Crippen LogP contribution is -2.37. The summed E-state index contributed by atoms with van der Waals surface area (Å²) in [4.78, 5) is 6.95. The summed E-state index contributed by atoms with van der Waals surface area (Å²) in [7, 11) is 1.82. The van der Waals surface area contributed by atoms with Crippen molar-refractivity contribution in [3.8, 4) is 0 Å². The molecule has 0 spiro atoms. The Bertz CT molecular complexity index is 815. The molecule has 0 atom stereocenters. The Morgan fingerprint density at radius 3 is 2.88 bits per heavy atom. The molecule has 1 N–H and O–H groups in total. The minimum Gasteiger partial charge on any atom is -0.379 e. The summed E-state index contributed by atoms with van der Waals surface area (Å²) in [6.07, 6.45) is 9.42. The molecule has 138 valence electrons. The molecule has 0 radical (unpaired) electrons. The van der Waals surface area contributed by atoms with Gasteiger partial charge < -0.3 is 10.1 Å². The van der Waals surface area contributed by atoms with Crippen molar-refractivity contribution in [2.45, 2.75) is 13.3 Å². The van der Waals surface area contributed by atoms with E-state index in [1.54, 1.807) is 4.52 Å². The normalized spacial score (nSPS) is 16.5. The van der Waals surface area contributed by atoms with Crippen LogP contribution in [0.5, 0.6) is 0 Å². The Labute approximate surface area is 154 Å². The first kappa shape index (κ1) is 18.4. The number of nitrogens with one attached hydrogen (secondary N) is 1. The summed E-state index contributed by atoms with van der Waals surface area (Å²) in [5, 5.41) is 7.36. The average Bonchev–Trinajstić information content (AvgIpc) is 3.10. The molecule has 2 aromatic rings. The summed E-state index contributed by atoms with van der Waals surface area (Å²) >= 11 is 0. The van der Waals surface area contributed by atoms with E-state index in [0.717, 1.165) is 56.1 Å². The Kier molecular flexibility index (Phi) is 6.20. The zero-order valence-corrected chi connectivity index (χ0v) is 15.6. The maximum atomic E-state index is 5.44. The summed E-state index contributed by atoms with van der Waals surface area (Å²) in [5.41, 5.74) is 4.02. The Balaban J connectivity index is 1.76. The number of ether oxygens (including phenoxy) is 1. The zero-order valence-electron chi connectivity index (χ0n) is 15.6. The zero-order chi connectivity index (χ0) is 18.4. The van der Waals surface area contributed by atoms with E-state index < -0.39 is 0 Å². The third-order valence-electron chi connectivity index (χ3n) is 4.41. The molecule has 0 bridgehead atoms. The van der Waals surface area contributed by atoms with Crippen LogP contribution in [0.2, 0.25) is 0 Å². The van der Waals surface area contributed by atoms with E-state index in [2.05, 4.69) is 52.0 Å². The van der Waals surface area contributed by atoms with Crippen LogP contribution in [0.25, 0.3) is 11.2 Å². The summed E-state index contributed by atoms with van der Waals surface area (Å²) in [6.45, 7) is 11.0. The van der Waals surface area contributed by atoms with Gasteiger partial charge in [-0.3, -0.25) is 4.90 Å². The molecule has 3 heterocycles. The first-order chi connectivity index (χ1) is 12.7. The summed E-state index contributed by atoms with van der Waals surface area (Å²) in [5.74, 6) is 0.605.